The Bertz CT molecular complexity index is 1040. The first-order valence-corrected chi connectivity index (χ1v) is 10.3. The average molecular weight is 547 g/mol. The third kappa shape index (κ3) is 8.91. The molecule has 1 aliphatic rings. The van der Waals surface area contributed by atoms with Gasteiger partial charge in [-0.2, -0.15) is 13.2 Å². The Morgan fingerprint density at radius 2 is 1.81 bits per heavy atom. The van der Waals surface area contributed by atoms with Crippen molar-refractivity contribution in [3.63, 3.8) is 0 Å². The molecule has 1 aliphatic heterocycles. The number of hydrogen-bond acceptors (Lipinski definition) is 10. The molecule has 0 bridgehead atoms. The van der Waals surface area contributed by atoms with Gasteiger partial charge < -0.3 is 28.5 Å². The quantitative estimate of drug-likeness (QED) is 0.103. The predicted molar refractivity (Wildman–Crippen MR) is 107 cm³/mol. The van der Waals surface area contributed by atoms with Crippen LogP contribution in [0.1, 0.15) is 31.4 Å². The van der Waals surface area contributed by atoms with Gasteiger partial charge in [-0.05, 0) is 30.2 Å². The van der Waals surface area contributed by atoms with Crippen molar-refractivity contribution < 1.29 is 69.5 Å². The summed E-state index contributed by atoms with van der Waals surface area (Å²) in [5, 5.41) is 8.93. The van der Waals surface area contributed by atoms with E-state index in [1.54, 1.807) is 0 Å². The van der Waals surface area contributed by atoms with Crippen molar-refractivity contribution in [3.05, 3.63) is 38.9 Å². The molecule has 0 radical (unpaired) electrons. The van der Waals surface area contributed by atoms with E-state index in [4.69, 9.17) is 9.47 Å². The zero-order chi connectivity index (χ0) is 28.0. The first-order chi connectivity index (χ1) is 17.1. The molecule has 37 heavy (non-hydrogen) atoms. The number of nitrogens with zero attached hydrogens (tertiary/aromatic N) is 1. The number of carbonyl (C=O) groups excluding carboxylic acids is 2. The van der Waals surface area contributed by atoms with Gasteiger partial charge in [-0.15, -0.1) is 23.3 Å². The largest absolute Gasteiger partial charge is 0.573 e. The van der Waals surface area contributed by atoms with Gasteiger partial charge in [-0.1, -0.05) is 6.92 Å². The van der Waals surface area contributed by atoms with E-state index in [2.05, 4.69) is 19.0 Å². The molecule has 0 N–H and O–H groups in total. The zero-order valence-corrected chi connectivity index (χ0v) is 19.0. The highest BCUT2D eigenvalue weighted by molar-refractivity contribution is 5.96. The summed E-state index contributed by atoms with van der Waals surface area (Å²) >= 11 is 0. The van der Waals surface area contributed by atoms with Crippen LogP contribution in [0.15, 0.2) is 17.7 Å². The van der Waals surface area contributed by atoms with Crippen molar-refractivity contribution in [2.45, 2.75) is 51.6 Å². The number of rotatable bonds is 10. The highest BCUT2D eigenvalue weighted by Crippen LogP contribution is 2.42. The van der Waals surface area contributed by atoms with Crippen LogP contribution < -0.4 is 9.47 Å². The number of aryl methyl sites for hydroxylation is 1. The lowest BCUT2D eigenvalue weighted by molar-refractivity contribution is -0.757. The van der Waals surface area contributed by atoms with Gasteiger partial charge in [0, 0.05) is 18.9 Å². The molecule has 1 aromatic carbocycles. The third-order valence-electron chi connectivity index (χ3n) is 4.39. The molecule has 0 saturated heterocycles. The van der Waals surface area contributed by atoms with Gasteiger partial charge in [0.1, 0.15) is 11.5 Å². The van der Waals surface area contributed by atoms with E-state index < -0.39 is 65.8 Å². The smallest absolute Gasteiger partial charge is 0.475 e. The van der Waals surface area contributed by atoms with E-state index in [-0.39, 0.29) is 30.6 Å². The Kier molecular flexibility index (Phi) is 9.41. The summed E-state index contributed by atoms with van der Waals surface area (Å²) in [6, 6.07) is 1.60. The van der Waals surface area contributed by atoms with E-state index in [0.29, 0.717) is 6.08 Å². The maximum Gasteiger partial charge on any atom is 0.573 e. The maximum atomic E-state index is 13.7. The lowest BCUT2D eigenvalue weighted by Gasteiger charge is -2.30. The molecule has 2 atom stereocenters. The molecular formula is C20H19F6NO10. The number of alkyl halides is 6. The standard InChI is InChI=1S/C20H19F6NO10/c1-3-11-7-13(37-20(24,25)26)8-12-9-14(16(19(21,22)23)36-15(11)12)17(28)34-10(2)35-18(29)32-5-4-6-33-27(30)31/h7-10,16H,3-6H2,1-2H3/t10?,16-/m0/s1. The average Bonchev–Trinajstić information content (AvgIpc) is 2.75. The molecule has 11 nitrogen and oxygen atoms in total. The van der Waals surface area contributed by atoms with E-state index in [1.807, 2.05) is 0 Å². The lowest BCUT2D eigenvalue weighted by Crippen LogP contribution is -2.41. The Morgan fingerprint density at radius 3 is 2.38 bits per heavy atom. The van der Waals surface area contributed by atoms with E-state index in [9.17, 15) is 46.0 Å². The van der Waals surface area contributed by atoms with Gasteiger partial charge in [0.25, 0.3) is 5.09 Å². The number of benzene rings is 1. The summed E-state index contributed by atoms with van der Waals surface area (Å²) in [5.74, 6) is -2.79. The lowest BCUT2D eigenvalue weighted by atomic mass is 9.97. The van der Waals surface area contributed by atoms with Crippen LogP contribution in [0.3, 0.4) is 0 Å². The Morgan fingerprint density at radius 1 is 1.14 bits per heavy atom. The van der Waals surface area contributed by atoms with Crippen LogP contribution in [0.5, 0.6) is 11.5 Å². The molecule has 2 rings (SSSR count). The number of esters is 1. The molecule has 0 saturated carbocycles. The summed E-state index contributed by atoms with van der Waals surface area (Å²) in [4.78, 5) is 38.1. The molecule has 206 valence electrons. The summed E-state index contributed by atoms with van der Waals surface area (Å²) in [5.41, 5.74) is -1.49. The van der Waals surface area contributed by atoms with Gasteiger partial charge in [-0.3, -0.25) is 0 Å². The van der Waals surface area contributed by atoms with Crippen LogP contribution in [0.25, 0.3) is 6.08 Å². The molecule has 0 aliphatic carbocycles. The minimum Gasteiger partial charge on any atom is -0.475 e. The topological polar surface area (TPSA) is 133 Å². The van der Waals surface area contributed by atoms with Crippen molar-refractivity contribution in [3.8, 4) is 11.5 Å². The minimum absolute atomic E-state index is 0.0271. The minimum atomic E-state index is -5.14. The van der Waals surface area contributed by atoms with Gasteiger partial charge in [0.15, 0.2) is 0 Å². The van der Waals surface area contributed by atoms with Crippen LogP contribution in [-0.2, 0) is 30.3 Å². The van der Waals surface area contributed by atoms with Crippen molar-refractivity contribution in [2.24, 2.45) is 0 Å². The fourth-order valence-electron chi connectivity index (χ4n) is 2.99. The number of fused-ring (bicyclic) bond motifs is 1. The Balaban J connectivity index is 2.19. The molecule has 0 fully saturated rings. The first-order valence-electron chi connectivity index (χ1n) is 10.3. The van der Waals surface area contributed by atoms with Crippen LogP contribution >= 0.6 is 0 Å². The molecule has 1 aromatic rings. The van der Waals surface area contributed by atoms with Crippen molar-refractivity contribution >= 4 is 18.2 Å². The Labute approximate surface area is 203 Å². The van der Waals surface area contributed by atoms with Crippen LogP contribution in [-0.4, -0.2) is 55.4 Å². The first kappa shape index (κ1) is 29.3. The van der Waals surface area contributed by atoms with Gasteiger partial charge >= 0.3 is 24.7 Å². The molecule has 1 unspecified atom stereocenters. The van der Waals surface area contributed by atoms with Crippen LogP contribution in [0, 0.1) is 10.1 Å². The molecule has 1 heterocycles. The highest BCUT2D eigenvalue weighted by atomic mass is 19.4. The van der Waals surface area contributed by atoms with Crippen LogP contribution in [0.2, 0.25) is 0 Å². The molecule has 17 heteroatoms. The third-order valence-corrected chi connectivity index (χ3v) is 4.39. The second-order valence-electron chi connectivity index (χ2n) is 7.14. The molecule has 0 aromatic heterocycles. The van der Waals surface area contributed by atoms with Crippen LogP contribution in [0.4, 0.5) is 31.1 Å². The fourth-order valence-corrected chi connectivity index (χ4v) is 2.99. The van der Waals surface area contributed by atoms with Crippen molar-refractivity contribution in [2.75, 3.05) is 13.2 Å². The normalized spacial score (nSPS) is 15.9. The number of hydrogen-bond donors (Lipinski definition) is 0. The summed E-state index contributed by atoms with van der Waals surface area (Å²) in [7, 11) is 0. The number of carbonyl (C=O) groups is 2. The molecular weight excluding hydrogens is 528 g/mol. The second kappa shape index (κ2) is 11.9. The zero-order valence-electron chi connectivity index (χ0n) is 19.0. The summed E-state index contributed by atoms with van der Waals surface area (Å²) in [6.07, 6.45) is -15.7. The second-order valence-corrected chi connectivity index (χ2v) is 7.14. The van der Waals surface area contributed by atoms with Gasteiger partial charge in [0.2, 0.25) is 12.4 Å². The SMILES string of the molecule is CCc1cc(OC(F)(F)F)cc2c1O[C@H](C(F)(F)F)C(C(=O)OC(C)OC(=O)OCCCO[N+](=O)[O-])=C2. The maximum absolute atomic E-state index is 13.7. The molecule has 0 amide bonds. The van der Waals surface area contributed by atoms with Gasteiger partial charge in [-0.25, -0.2) is 9.59 Å². The number of halogens is 6. The Hall–Kier alpha value is -3.92. The summed E-state index contributed by atoms with van der Waals surface area (Å²) < 4.78 is 102. The van der Waals surface area contributed by atoms with E-state index in [0.717, 1.165) is 19.1 Å². The number of ether oxygens (including phenoxy) is 5. The summed E-state index contributed by atoms with van der Waals surface area (Å²) in [6.45, 7) is 1.65. The van der Waals surface area contributed by atoms with Gasteiger partial charge in [0.05, 0.1) is 18.8 Å². The monoisotopic (exact) mass is 547 g/mol. The van der Waals surface area contributed by atoms with E-state index >= 15 is 0 Å². The van der Waals surface area contributed by atoms with Crippen molar-refractivity contribution in [1.29, 1.82) is 0 Å². The fraction of sp³-hybridized carbons (Fsp3) is 0.500. The highest BCUT2D eigenvalue weighted by Gasteiger charge is 2.49. The molecule has 0 spiro atoms. The van der Waals surface area contributed by atoms with E-state index in [1.165, 1.54) is 6.92 Å². The van der Waals surface area contributed by atoms with Crippen molar-refractivity contribution in [1.82, 2.24) is 0 Å². The predicted octanol–water partition coefficient (Wildman–Crippen LogP) is 4.50.